The first-order chi connectivity index (χ1) is 17.3. The number of esters is 4. The average Bonchev–Trinajstić information content (AvgIpc) is 2.86. The van der Waals surface area contributed by atoms with E-state index in [0.717, 1.165) is 25.7 Å². The molecule has 5 atom stereocenters. The summed E-state index contributed by atoms with van der Waals surface area (Å²) < 4.78 is 27.6. The molecule has 208 valence electrons. The van der Waals surface area contributed by atoms with Crippen molar-refractivity contribution in [1.82, 2.24) is 0 Å². The van der Waals surface area contributed by atoms with Crippen LogP contribution in [-0.2, 0) is 42.9 Å². The van der Waals surface area contributed by atoms with E-state index < -0.39 is 54.6 Å². The molecule has 1 heterocycles. The zero-order chi connectivity index (χ0) is 26.9. The minimum absolute atomic E-state index is 0.105. The van der Waals surface area contributed by atoms with Crippen molar-refractivity contribution in [2.24, 2.45) is 0 Å². The largest absolute Gasteiger partial charge is 0.463 e. The molecule has 1 saturated heterocycles. The van der Waals surface area contributed by atoms with Gasteiger partial charge in [0.2, 0.25) is 0 Å². The first kappa shape index (κ1) is 31.8. The van der Waals surface area contributed by atoms with Crippen molar-refractivity contribution in [2.75, 3.05) is 6.61 Å². The van der Waals surface area contributed by atoms with Gasteiger partial charge in [-0.2, -0.15) is 0 Å². The molecule has 1 fully saturated rings. The maximum Gasteiger partial charge on any atom is 0.306 e. The van der Waals surface area contributed by atoms with Crippen molar-refractivity contribution in [3.05, 3.63) is 0 Å². The van der Waals surface area contributed by atoms with Crippen LogP contribution in [0.4, 0.5) is 0 Å². The van der Waals surface area contributed by atoms with Crippen molar-refractivity contribution in [2.45, 2.75) is 135 Å². The lowest BCUT2D eigenvalue weighted by atomic mass is 9.98. The zero-order valence-electron chi connectivity index (χ0n) is 22.2. The van der Waals surface area contributed by atoms with Gasteiger partial charge in [-0.15, -0.1) is 0 Å². The Labute approximate surface area is 214 Å². The summed E-state index contributed by atoms with van der Waals surface area (Å²) in [6.07, 6.45) is -0.750. The Morgan fingerprint density at radius 2 is 1.00 bits per heavy atom. The average molecular weight is 517 g/mol. The molecule has 0 amide bonds. The molecule has 0 aliphatic carbocycles. The number of ether oxygens (including phenoxy) is 5. The van der Waals surface area contributed by atoms with Crippen LogP contribution in [0.1, 0.15) is 105 Å². The van der Waals surface area contributed by atoms with Crippen LogP contribution >= 0.6 is 0 Å². The maximum atomic E-state index is 12.6. The summed E-state index contributed by atoms with van der Waals surface area (Å²) in [6, 6.07) is 0. The summed E-state index contributed by atoms with van der Waals surface area (Å²) in [4.78, 5) is 49.6. The highest BCUT2D eigenvalue weighted by molar-refractivity contribution is 5.72. The highest BCUT2D eigenvalue weighted by atomic mass is 16.7. The summed E-state index contributed by atoms with van der Waals surface area (Å²) in [6.45, 7) is 7.38. The highest BCUT2D eigenvalue weighted by Gasteiger charge is 2.52. The minimum atomic E-state index is -1.68. The number of rotatable bonds is 17. The van der Waals surface area contributed by atoms with E-state index in [1.54, 1.807) is 0 Å². The Kier molecular flexibility index (Phi) is 16.0. The molecule has 1 aliphatic heterocycles. The van der Waals surface area contributed by atoms with E-state index >= 15 is 0 Å². The molecular weight excluding hydrogens is 472 g/mol. The number of hydrogen-bond acceptors (Lipinski definition) is 10. The quantitative estimate of drug-likeness (QED) is 0.225. The molecule has 36 heavy (non-hydrogen) atoms. The van der Waals surface area contributed by atoms with Crippen LogP contribution in [-0.4, -0.2) is 66.3 Å². The molecule has 1 rings (SSSR count). The fraction of sp³-hybridized carbons (Fsp3) is 0.846. The molecule has 1 aliphatic rings. The number of carbonyl (C=O) groups excluding carboxylic acids is 4. The van der Waals surface area contributed by atoms with Crippen LogP contribution in [0, 0.1) is 0 Å². The Morgan fingerprint density at radius 3 is 1.44 bits per heavy atom. The smallest absolute Gasteiger partial charge is 0.306 e. The van der Waals surface area contributed by atoms with Gasteiger partial charge >= 0.3 is 23.9 Å². The first-order valence-corrected chi connectivity index (χ1v) is 13.3. The van der Waals surface area contributed by atoms with Crippen LogP contribution in [0.5, 0.6) is 0 Å². The lowest BCUT2D eigenvalue weighted by molar-refractivity contribution is -0.297. The van der Waals surface area contributed by atoms with E-state index in [2.05, 4.69) is 0 Å². The third kappa shape index (κ3) is 11.7. The molecule has 10 heteroatoms. The van der Waals surface area contributed by atoms with Gasteiger partial charge in [-0.3, -0.25) is 19.2 Å². The molecule has 0 aromatic rings. The van der Waals surface area contributed by atoms with Gasteiger partial charge in [-0.05, 0) is 25.7 Å². The molecule has 1 unspecified atom stereocenters. The summed E-state index contributed by atoms with van der Waals surface area (Å²) in [7, 11) is 0. The predicted molar refractivity (Wildman–Crippen MR) is 130 cm³/mol. The van der Waals surface area contributed by atoms with E-state index in [1.165, 1.54) is 0 Å². The molecule has 0 spiro atoms. The molecule has 0 saturated carbocycles. The van der Waals surface area contributed by atoms with Crippen molar-refractivity contribution in [3.63, 3.8) is 0 Å². The lowest BCUT2D eigenvalue weighted by Crippen LogP contribution is -2.62. The lowest BCUT2D eigenvalue weighted by Gasteiger charge is -2.43. The van der Waals surface area contributed by atoms with Crippen LogP contribution < -0.4 is 0 Å². The minimum Gasteiger partial charge on any atom is -0.463 e. The molecule has 0 aromatic carbocycles. The number of carbonyl (C=O) groups is 4. The fourth-order valence-corrected chi connectivity index (χ4v) is 3.60. The van der Waals surface area contributed by atoms with E-state index in [9.17, 15) is 24.3 Å². The van der Waals surface area contributed by atoms with Gasteiger partial charge < -0.3 is 28.8 Å². The molecule has 0 radical (unpaired) electrons. The Morgan fingerprint density at radius 1 is 0.611 bits per heavy atom. The second-order valence-electron chi connectivity index (χ2n) is 9.03. The molecule has 0 bridgehead atoms. The second-order valence-corrected chi connectivity index (χ2v) is 9.03. The molecule has 0 aromatic heterocycles. The third-order valence-electron chi connectivity index (χ3n) is 5.76. The fourth-order valence-electron chi connectivity index (χ4n) is 3.60. The monoisotopic (exact) mass is 516 g/mol. The number of aliphatic hydroxyl groups is 1. The standard InChI is InChI=1S/C26H44O10/c1-5-9-13-19(27)32-17-18-23(34-20(28)14-10-6-2)24(35-21(29)15-11-7-3)25(26(31)33-18)36-22(30)16-12-8-4/h18,23-26,31H,5-17H2,1-4H3/t18-,23-,24+,25-,26?/m1/s1. The SMILES string of the molecule is CCCCC(=O)OC[C@H]1OC(O)[C@H](OC(=O)CCCC)[C@@H](OC(=O)CCCC)[C@@H]1OC(=O)CCCC. The summed E-state index contributed by atoms with van der Waals surface area (Å²) in [5.41, 5.74) is 0. The summed E-state index contributed by atoms with van der Waals surface area (Å²) in [5, 5.41) is 10.7. The van der Waals surface area contributed by atoms with Crippen LogP contribution in [0.25, 0.3) is 0 Å². The van der Waals surface area contributed by atoms with Crippen LogP contribution in [0.3, 0.4) is 0 Å². The van der Waals surface area contributed by atoms with Gasteiger partial charge in [0.05, 0.1) is 0 Å². The van der Waals surface area contributed by atoms with Gasteiger partial charge in [0.25, 0.3) is 0 Å². The first-order valence-electron chi connectivity index (χ1n) is 13.3. The van der Waals surface area contributed by atoms with Gasteiger partial charge in [0.15, 0.2) is 24.6 Å². The Bertz CT molecular complexity index is 680. The molecular formula is C26H44O10. The summed E-state index contributed by atoms with van der Waals surface area (Å²) >= 11 is 0. The van der Waals surface area contributed by atoms with Crippen LogP contribution in [0.2, 0.25) is 0 Å². The Balaban J connectivity index is 3.19. The van der Waals surface area contributed by atoms with Crippen molar-refractivity contribution in [3.8, 4) is 0 Å². The van der Waals surface area contributed by atoms with Crippen molar-refractivity contribution < 1.29 is 48.0 Å². The van der Waals surface area contributed by atoms with Gasteiger partial charge in [-0.25, -0.2) is 0 Å². The van der Waals surface area contributed by atoms with Crippen molar-refractivity contribution in [1.29, 1.82) is 0 Å². The second kappa shape index (κ2) is 18.1. The topological polar surface area (TPSA) is 135 Å². The number of hydrogen-bond donors (Lipinski definition) is 1. The van der Waals surface area contributed by atoms with E-state index in [-0.39, 0.29) is 32.3 Å². The molecule has 1 N–H and O–H groups in total. The number of aliphatic hydroxyl groups excluding tert-OH is 1. The zero-order valence-corrected chi connectivity index (χ0v) is 22.2. The van der Waals surface area contributed by atoms with E-state index in [4.69, 9.17) is 23.7 Å². The maximum absolute atomic E-state index is 12.6. The normalized spacial score (nSPS) is 23.5. The Hall–Kier alpha value is -2.20. The van der Waals surface area contributed by atoms with Gasteiger partial charge in [0, 0.05) is 25.7 Å². The number of unbranched alkanes of at least 4 members (excludes halogenated alkanes) is 4. The van der Waals surface area contributed by atoms with Crippen molar-refractivity contribution >= 4 is 23.9 Å². The van der Waals surface area contributed by atoms with Crippen LogP contribution in [0.15, 0.2) is 0 Å². The van der Waals surface area contributed by atoms with Gasteiger partial charge in [0.1, 0.15) is 12.7 Å². The predicted octanol–water partition coefficient (Wildman–Crippen LogP) is 3.74. The van der Waals surface area contributed by atoms with E-state index in [0.29, 0.717) is 25.7 Å². The third-order valence-corrected chi connectivity index (χ3v) is 5.76. The van der Waals surface area contributed by atoms with E-state index in [1.807, 2.05) is 27.7 Å². The highest BCUT2D eigenvalue weighted by Crippen LogP contribution is 2.29. The van der Waals surface area contributed by atoms with Gasteiger partial charge in [-0.1, -0.05) is 53.4 Å². The molecule has 10 nitrogen and oxygen atoms in total. The summed E-state index contributed by atoms with van der Waals surface area (Å²) in [5.74, 6) is -2.20.